The predicted molar refractivity (Wildman–Crippen MR) is 109 cm³/mol. The molecule has 1 aromatic carbocycles. The van der Waals surface area contributed by atoms with Crippen molar-refractivity contribution in [3.63, 3.8) is 0 Å². The van der Waals surface area contributed by atoms with Gasteiger partial charge in [0.05, 0.1) is 0 Å². The Morgan fingerprint density at radius 1 is 1.14 bits per heavy atom. The van der Waals surface area contributed by atoms with Gasteiger partial charge in [-0.05, 0) is 36.1 Å². The smallest absolute Gasteiger partial charge is 0.270 e. The van der Waals surface area contributed by atoms with Crippen molar-refractivity contribution in [2.24, 2.45) is 17.6 Å². The molecule has 2 amide bonds. The van der Waals surface area contributed by atoms with Gasteiger partial charge in [-0.1, -0.05) is 50.2 Å². The summed E-state index contributed by atoms with van der Waals surface area (Å²) in [6.45, 7) is 5.62. The van der Waals surface area contributed by atoms with E-state index in [2.05, 4.69) is 22.4 Å². The van der Waals surface area contributed by atoms with Crippen LogP contribution in [0.1, 0.15) is 35.8 Å². The lowest BCUT2D eigenvalue weighted by atomic mass is 9.89. The molecule has 3 rings (SSSR count). The van der Waals surface area contributed by atoms with E-state index in [0.717, 1.165) is 0 Å². The summed E-state index contributed by atoms with van der Waals surface area (Å²) in [4.78, 5) is 31.7. The maximum absolute atomic E-state index is 13.2. The second-order valence-electron chi connectivity index (χ2n) is 7.67. The molecule has 1 fully saturated rings. The van der Waals surface area contributed by atoms with Gasteiger partial charge in [-0.15, -0.1) is 0 Å². The van der Waals surface area contributed by atoms with Crippen molar-refractivity contribution in [3.8, 4) is 0 Å². The Morgan fingerprint density at radius 3 is 2.46 bits per heavy atom. The van der Waals surface area contributed by atoms with Crippen LogP contribution in [0.25, 0.3) is 0 Å². The maximum atomic E-state index is 13.2. The number of nitrogens with one attached hydrogen (secondary N) is 1. The number of nitrogens with two attached hydrogens (primary N) is 1. The molecule has 148 valence electrons. The van der Waals surface area contributed by atoms with Crippen molar-refractivity contribution in [3.05, 3.63) is 66.0 Å². The molecule has 0 aliphatic carbocycles. The molecule has 3 N–H and O–H groups in total. The lowest BCUT2D eigenvalue weighted by Gasteiger charge is -2.27. The number of nitrogens with zero attached hydrogens (tertiary/aromatic N) is 2. The minimum absolute atomic E-state index is 0.0349. The van der Waals surface area contributed by atoms with Crippen LogP contribution in [-0.2, 0) is 4.79 Å². The van der Waals surface area contributed by atoms with Gasteiger partial charge in [0.2, 0.25) is 5.91 Å². The van der Waals surface area contributed by atoms with Gasteiger partial charge in [0.25, 0.3) is 5.91 Å². The summed E-state index contributed by atoms with van der Waals surface area (Å²) >= 11 is 0. The van der Waals surface area contributed by atoms with Crippen LogP contribution < -0.4 is 11.1 Å². The van der Waals surface area contributed by atoms with Gasteiger partial charge in [0, 0.05) is 25.2 Å². The van der Waals surface area contributed by atoms with Crippen molar-refractivity contribution in [1.29, 1.82) is 0 Å². The Bertz CT molecular complexity index is 795. The highest BCUT2D eigenvalue weighted by Crippen LogP contribution is 2.32. The third-order valence-electron chi connectivity index (χ3n) is 5.40. The summed E-state index contributed by atoms with van der Waals surface area (Å²) in [6, 6.07) is 14.7. The summed E-state index contributed by atoms with van der Waals surface area (Å²) in [5.41, 5.74) is 7.51. The Balaban J connectivity index is 1.74. The highest BCUT2D eigenvalue weighted by molar-refractivity contribution is 5.96. The maximum Gasteiger partial charge on any atom is 0.270 e. The van der Waals surface area contributed by atoms with Crippen LogP contribution in [0.4, 0.5) is 0 Å². The first-order valence-electron chi connectivity index (χ1n) is 9.77. The molecule has 0 bridgehead atoms. The first-order valence-corrected chi connectivity index (χ1v) is 9.77. The second kappa shape index (κ2) is 8.97. The fourth-order valence-corrected chi connectivity index (χ4v) is 3.79. The van der Waals surface area contributed by atoms with Gasteiger partial charge < -0.3 is 16.0 Å². The molecule has 3 atom stereocenters. The van der Waals surface area contributed by atoms with Crippen LogP contribution in [0.2, 0.25) is 0 Å². The average Bonchev–Trinajstić information content (AvgIpc) is 3.17. The zero-order valence-electron chi connectivity index (χ0n) is 16.4. The molecule has 0 spiro atoms. The van der Waals surface area contributed by atoms with E-state index in [1.54, 1.807) is 24.4 Å². The van der Waals surface area contributed by atoms with E-state index in [1.807, 2.05) is 36.9 Å². The van der Waals surface area contributed by atoms with Gasteiger partial charge in [-0.2, -0.15) is 0 Å². The summed E-state index contributed by atoms with van der Waals surface area (Å²) in [7, 11) is 0. The van der Waals surface area contributed by atoms with E-state index in [1.165, 1.54) is 5.56 Å². The molecule has 1 aliphatic heterocycles. The minimum Gasteiger partial charge on any atom is -0.340 e. The molecule has 1 aliphatic rings. The first-order chi connectivity index (χ1) is 13.5. The van der Waals surface area contributed by atoms with Crippen molar-refractivity contribution in [2.45, 2.75) is 25.8 Å². The molecule has 0 saturated carbocycles. The van der Waals surface area contributed by atoms with Crippen LogP contribution in [-0.4, -0.2) is 47.4 Å². The monoisotopic (exact) mass is 380 g/mol. The number of rotatable bonds is 6. The molecule has 1 unspecified atom stereocenters. The number of carbonyl (C=O) groups is 2. The summed E-state index contributed by atoms with van der Waals surface area (Å²) < 4.78 is 0. The number of hydrogen-bond acceptors (Lipinski definition) is 4. The molecular weight excluding hydrogens is 352 g/mol. The van der Waals surface area contributed by atoms with Crippen LogP contribution in [0, 0.1) is 11.8 Å². The van der Waals surface area contributed by atoms with Crippen LogP contribution in [0.5, 0.6) is 0 Å². The molecule has 2 heterocycles. The number of amides is 2. The fourth-order valence-electron chi connectivity index (χ4n) is 3.79. The molecule has 6 heteroatoms. The lowest BCUT2D eigenvalue weighted by molar-refractivity contribution is -0.133. The number of hydrogen-bond donors (Lipinski definition) is 2. The quantitative estimate of drug-likeness (QED) is 0.803. The zero-order valence-corrected chi connectivity index (χ0v) is 16.4. The standard InChI is InChI=1S/C22H28N4O2/c1-15(2)20(25-21(27)19-10-6-7-11-24-19)22(28)26-13-17(12-23)18(14-26)16-8-4-3-5-9-16/h3-11,15,17-18,20H,12-14,23H2,1-2H3,(H,25,27)/t17-,18+,20?/m1/s1. The zero-order chi connectivity index (χ0) is 20.1. The van der Waals surface area contributed by atoms with Crippen LogP contribution in [0.3, 0.4) is 0 Å². The molecule has 1 saturated heterocycles. The third kappa shape index (κ3) is 4.39. The molecule has 1 aromatic heterocycles. The Kier molecular flexibility index (Phi) is 6.41. The highest BCUT2D eigenvalue weighted by Gasteiger charge is 2.38. The van der Waals surface area contributed by atoms with Gasteiger partial charge in [-0.25, -0.2) is 0 Å². The van der Waals surface area contributed by atoms with Crippen molar-refractivity contribution in [1.82, 2.24) is 15.2 Å². The van der Waals surface area contributed by atoms with Gasteiger partial charge in [0.15, 0.2) is 0 Å². The lowest BCUT2D eigenvalue weighted by Crippen LogP contribution is -2.51. The van der Waals surface area contributed by atoms with E-state index < -0.39 is 6.04 Å². The largest absolute Gasteiger partial charge is 0.340 e. The Labute approximate surface area is 166 Å². The summed E-state index contributed by atoms with van der Waals surface area (Å²) in [5.74, 6) is 0.00497. The highest BCUT2D eigenvalue weighted by atomic mass is 16.2. The normalized spacial score (nSPS) is 20.2. The van der Waals surface area contributed by atoms with Crippen molar-refractivity contribution in [2.75, 3.05) is 19.6 Å². The van der Waals surface area contributed by atoms with Crippen molar-refractivity contribution < 1.29 is 9.59 Å². The van der Waals surface area contributed by atoms with E-state index in [0.29, 0.717) is 25.3 Å². The van der Waals surface area contributed by atoms with E-state index in [-0.39, 0.29) is 29.6 Å². The molecule has 0 radical (unpaired) electrons. The Morgan fingerprint density at radius 2 is 1.86 bits per heavy atom. The number of aromatic nitrogens is 1. The Hall–Kier alpha value is -2.73. The minimum atomic E-state index is -0.595. The van der Waals surface area contributed by atoms with Gasteiger partial charge in [0.1, 0.15) is 11.7 Å². The third-order valence-corrected chi connectivity index (χ3v) is 5.40. The van der Waals surface area contributed by atoms with E-state index >= 15 is 0 Å². The van der Waals surface area contributed by atoms with Crippen LogP contribution in [0.15, 0.2) is 54.7 Å². The van der Waals surface area contributed by atoms with Gasteiger partial charge >= 0.3 is 0 Å². The molecule has 28 heavy (non-hydrogen) atoms. The molecule has 6 nitrogen and oxygen atoms in total. The van der Waals surface area contributed by atoms with Crippen LogP contribution >= 0.6 is 0 Å². The number of pyridine rings is 1. The van der Waals surface area contributed by atoms with Crippen molar-refractivity contribution >= 4 is 11.8 Å². The van der Waals surface area contributed by atoms with E-state index in [9.17, 15) is 9.59 Å². The predicted octanol–water partition coefficient (Wildman–Crippen LogP) is 2.04. The molecule has 2 aromatic rings. The van der Waals surface area contributed by atoms with E-state index in [4.69, 9.17) is 5.73 Å². The number of likely N-dealkylation sites (tertiary alicyclic amines) is 1. The number of benzene rings is 1. The summed E-state index contributed by atoms with van der Waals surface area (Å²) in [6.07, 6.45) is 1.57. The average molecular weight is 380 g/mol. The molecular formula is C22H28N4O2. The fraction of sp³-hybridized carbons (Fsp3) is 0.409. The van der Waals surface area contributed by atoms with Gasteiger partial charge in [-0.3, -0.25) is 14.6 Å². The SMILES string of the molecule is CC(C)C(NC(=O)c1ccccn1)C(=O)N1C[C@@H](CN)[C@H](c2ccccc2)C1. The first kappa shape index (κ1) is 20.0. The topological polar surface area (TPSA) is 88.3 Å². The second-order valence-corrected chi connectivity index (χ2v) is 7.67. The number of carbonyl (C=O) groups excluding carboxylic acids is 2. The summed E-state index contributed by atoms with van der Waals surface area (Å²) in [5, 5.41) is 2.87.